The number of fused-ring (bicyclic) bond motifs is 1. The van der Waals surface area contributed by atoms with Crippen LogP contribution in [0.2, 0.25) is 0 Å². The Labute approximate surface area is 197 Å². The summed E-state index contributed by atoms with van der Waals surface area (Å²) in [4.78, 5) is 37.8. The zero-order valence-corrected chi connectivity index (χ0v) is 20.5. The zero-order chi connectivity index (χ0) is 24.5. The molecule has 0 radical (unpaired) electrons. The molecule has 33 heavy (non-hydrogen) atoms. The van der Waals surface area contributed by atoms with Gasteiger partial charge >= 0.3 is 0 Å². The summed E-state index contributed by atoms with van der Waals surface area (Å²) in [5, 5.41) is 14.0. The van der Waals surface area contributed by atoms with Gasteiger partial charge in [0.2, 0.25) is 5.91 Å². The van der Waals surface area contributed by atoms with E-state index in [9.17, 15) is 14.4 Å². The lowest BCUT2D eigenvalue weighted by atomic mass is 9.91. The number of nitrogens with one attached hydrogen (secondary N) is 3. The summed E-state index contributed by atoms with van der Waals surface area (Å²) in [6, 6.07) is 4.93. The van der Waals surface area contributed by atoms with Gasteiger partial charge in [0, 0.05) is 50.1 Å². The van der Waals surface area contributed by atoms with Gasteiger partial charge in [-0.2, -0.15) is 0 Å². The minimum absolute atomic E-state index is 0.202. The summed E-state index contributed by atoms with van der Waals surface area (Å²) in [6.07, 6.45) is 5.99. The van der Waals surface area contributed by atoms with Crippen molar-refractivity contribution in [1.29, 1.82) is 5.41 Å². The van der Waals surface area contributed by atoms with Crippen LogP contribution in [0.5, 0.6) is 0 Å². The number of hydrogen-bond donors (Lipinski definition) is 3. The molecule has 0 spiro atoms. The summed E-state index contributed by atoms with van der Waals surface area (Å²) >= 11 is 0. The zero-order valence-electron chi connectivity index (χ0n) is 20.5. The molecule has 2 unspecified atom stereocenters. The van der Waals surface area contributed by atoms with Gasteiger partial charge in [0.1, 0.15) is 12.3 Å². The lowest BCUT2D eigenvalue weighted by Crippen LogP contribution is -2.46. The van der Waals surface area contributed by atoms with Gasteiger partial charge < -0.3 is 25.7 Å². The maximum Gasteiger partial charge on any atom is 0.255 e. The maximum absolute atomic E-state index is 13.0. The number of nitrogens with zero attached hydrogens (tertiary/aromatic N) is 1. The van der Waals surface area contributed by atoms with Gasteiger partial charge in [-0.05, 0) is 47.9 Å². The second-order valence-electron chi connectivity index (χ2n) is 9.13. The van der Waals surface area contributed by atoms with Crippen LogP contribution >= 0.6 is 0 Å². The van der Waals surface area contributed by atoms with Gasteiger partial charge in [-0.25, -0.2) is 0 Å². The first-order chi connectivity index (χ1) is 15.8. The van der Waals surface area contributed by atoms with Crippen molar-refractivity contribution >= 4 is 29.9 Å². The van der Waals surface area contributed by atoms with Crippen molar-refractivity contribution in [3.05, 3.63) is 40.6 Å². The largest absolute Gasteiger partial charge is 0.391 e. The van der Waals surface area contributed by atoms with Crippen LogP contribution in [0, 0.1) is 17.2 Å². The van der Waals surface area contributed by atoms with E-state index in [1.165, 1.54) is 24.6 Å². The number of likely N-dealkylation sites (N-methyl/N-ethyl adjacent to an activating group) is 1. The van der Waals surface area contributed by atoms with Crippen LogP contribution in [-0.4, -0.2) is 49.4 Å². The van der Waals surface area contributed by atoms with Crippen molar-refractivity contribution in [3.63, 3.8) is 0 Å². The molecule has 0 saturated carbocycles. The molecular weight excluding hydrogens is 416 g/mol. The quantitative estimate of drug-likeness (QED) is 0.312. The lowest BCUT2D eigenvalue weighted by Gasteiger charge is -2.25. The topological polar surface area (TPSA) is 102 Å². The lowest BCUT2D eigenvalue weighted by molar-refractivity contribution is -0.125. The average Bonchev–Trinajstić information content (AvgIpc) is 3.12. The smallest absolute Gasteiger partial charge is 0.255 e. The molecule has 0 aliphatic carbocycles. The highest BCUT2D eigenvalue weighted by Crippen LogP contribution is 2.31. The van der Waals surface area contributed by atoms with Crippen LogP contribution in [-0.2, 0) is 16.1 Å². The second kappa shape index (κ2) is 12.3. The highest BCUT2D eigenvalue weighted by Gasteiger charge is 2.36. The average molecular weight is 455 g/mol. The molecule has 7 heteroatoms. The Morgan fingerprint density at radius 1 is 1.15 bits per heavy atom. The molecule has 0 saturated heterocycles. The molecule has 1 aliphatic heterocycles. The fraction of sp³-hybridized carbons (Fsp3) is 0.538. The minimum atomic E-state index is -0.685. The van der Waals surface area contributed by atoms with Crippen LogP contribution in [0.25, 0.3) is 5.57 Å². The third-order valence-corrected chi connectivity index (χ3v) is 6.35. The van der Waals surface area contributed by atoms with Crippen molar-refractivity contribution in [2.45, 2.75) is 65.5 Å². The molecule has 2 atom stereocenters. The Balaban J connectivity index is 2.34. The van der Waals surface area contributed by atoms with E-state index in [0.717, 1.165) is 41.5 Å². The number of allylic oxidation sites excluding steroid dienone is 2. The SMILES string of the molecule is CNC(=O)C(CCC=O)N1Cc2cc(/C(C=N)=C(/NC)C(C)CCCC(C)C)ccc2C1=O. The van der Waals surface area contributed by atoms with Gasteiger partial charge in [0.15, 0.2) is 0 Å². The van der Waals surface area contributed by atoms with Crippen molar-refractivity contribution in [1.82, 2.24) is 15.5 Å². The van der Waals surface area contributed by atoms with Crippen LogP contribution in [0.3, 0.4) is 0 Å². The molecule has 1 heterocycles. The molecule has 2 amide bonds. The van der Waals surface area contributed by atoms with Crippen molar-refractivity contribution in [2.75, 3.05) is 14.1 Å². The number of carbonyl (C=O) groups is 3. The van der Waals surface area contributed by atoms with E-state index in [2.05, 4.69) is 31.4 Å². The molecular formula is C26H38N4O3. The van der Waals surface area contributed by atoms with Crippen molar-refractivity contribution < 1.29 is 14.4 Å². The Bertz CT molecular complexity index is 907. The normalized spacial score (nSPS) is 15.6. The Morgan fingerprint density at radius 2 is 1.88 bits per heavy atom. The summed E-state index contributed by atoms with van der Waals surface area (Å²) in [5.41, 5.74) is 4.11. The molecule has 0 bridgehead atoms. The number of hydrogen-bond acceptors (Lipinski definition) is 5. The van der Waals surface area contributed by atoms with E-state index in [1.807, 2.05) is 19.2 Å². The molecule has 3 N–H and O–H groups in total. The molecule has 1 aromatic carbocycles. The predicted molar refractivity (Wildman–Crippen MR) is 132 cm³/mol. The molecule has 7 nitrogen and oxygen atoms in total. The summed E-state index contributed by atoms with van der Waals surface area (Å²) in [5.74, 6) is 0.472. The Kier molecular flexibility index (Phi) is 9.82. The standard InChI is InChI=1S/C26H38N4O3/c1-17(2)8-6-9-18(3)24(28-4)22(15-27)19-11-12-21-20(14-19)16-30(26(21)33)23(10-7-13-31)25(32)29-5/h11-15,17-18,23,27-28H,6-10,16H2,1-5H3,(H,29,32)/b24-22+,27-15?. The van der Waals surface area contributed by atoms with E-state index in [1.54, 1.807) is 6.07 Å². The van der Waals surface area contributed by atoms with E-state index in [4.69, 9.17) is 5.41 Å². The third kappa shape index (κ3) is 6.30. The van der Waals surface area contributed by atoms with Crippen LogP contribution in [0.15, 0.2) is 23.9 Å². The van der Waals surface area contributed by atoms with Crippen LogP contribution in [0.1, 0.15) is 74.4 Å². The third-order valence-electron chi connectivity index (χ3n) is 6.35. The second-order valence-corrected chi connectivity index (χ2v) is 9.13. The maximum atomic E-state index is 13.0. The Morgan fingerprint density at radius 3 is 2.45 bits per heavy atom. The summed E-state index contributed by atoms with van der Waals surface area (Å²) < 4.78 is 0. The fourth-order valence-corrected chi connectivity index (χ4v) is 4.52. The predicted octanol–water partition coefficient (Wildman–Crippen LogP) is 3.78. The number of amides is 2. The van der Waals surface area contributed by atoms with Crippen molar-refractivity contribution in [2.24, 2.45) is 11.8 Å². The molecule has 180 valence electrons. The van der Waals surface area contributed by atoms with E-state index in [0.29, 0.717) is 24.4 Å². The van der Waals surface area contributed by atoms with Gasteiger partial charge in [0.25, 0.3) is 5.91 Å². The van der Waals surface area contributed by atoms with Gasteiger partial charge in [-0.3, -0.25) is 9.59 Å². The van der Waals surface area contributed by atoms with E-state index >= 15 is 0 Å². The van der Waals surface area contributed by atoms with Crippen LogP contribution in [0.4, 0.5) is 0 Å². The first kappa shape index (κ1) is 26.3. The highest BCUT2D eigenvalue weighted by atomic mass is 16.2. The first-order valence-corrected chi connectivity index (χ1v) is 11.8. The Hall–Kier alpha value is -2.96. The number of rotatable bonds is 13. The van der Waals surface area contributed by atoms with Gasteiger partial charge in [-0.1, -0.05) is 39.7 Å². The summed E-state index contributed by atoms with van der Waals surface area (Å²) in [7, 11) is 3.42. The highest BCUT2D eigenvalue weighted by molar-refractivity contribution is 6.10. The van der Waals surface area contributed by atoms with Gasteiger partial charge in [0.05, 0.1) is 0 Å². The number of carbonyl (C=O) groups excluding carboxylic acids is 3. The molecule has 2 rings (SSSR count). The number of benzene rings is 1. The van der Waals surface area contributed by atoms with Gasteiger partial charge in [-0.15, -0.1) is 0 Å². The molecule has 1 aliphatic rings. The summed E-state index contributed by atoms with van der Waals surface area (Å²) in [6.45, 7) is 6.94. The van der Waals surface area contributed by atoms with E-state index < -0.39 is 6.04 Å². The molecule has 0 aromatic heterocycles. The van der Waals surface area contributed by atoms with Crippen LogP contribution < -0.4 is 10.6 Å². The van der Waals surface area contributed by atoms with E-state index in [-0.39, 0.29) is 24.2 Å². The minimum Gasteiger partial charge on any atom is -0.391 e. The first-order valence-electron chi connectivity index (χ1n) is 11.8. The fourth-order valence-electron chi connectivity index (χ4n) is 4.52. The van der Waals surface area contributed by atoms with Crippen molar-refractivity contribution in [3.8, 4) is 0 Å². The number of aldehydes is 1. The monoisotopic (exact) mass is 454 g/mol. The molecule has 1 aromatic rings. The molecule has 0 fully saturated rings.